The second-order valence-electron chi connectivity index (χ2n) is 14.3. The first-order valence-corrected chi connectivity index (χ1v) is 20.9. The number of hydrogen-bond donors (Lipinski definition) is 3. The van der Waals surface area contributed by atoms with E-state index in [0.29, 0.717) is 49.0 Å². The number of pyridine rings is 1. The first-order chi connectivity index (χ1) is 27.3. The number of nitrogens with one attached hydrogen (secondary N) is 3. The summed E-state index contributed by atoms with van der Waals surface area (Å²) in [7, 11) is 0. The van der Waals surface area contributed by atoms with Gasteiger partial charge in [-0.05, 0) is 74.9 Å². The standard InChI is InChI=1S/C41H48N8O5S2/c1-27-35(46-41(52)54-33-6-4-3-5-7-33)20-32(24-43-27)29-10-11-34-37(22-29)56-40(45-34)47-38(51)12-13-48-14-16-49(17-15-48)18-19-53-36-21-30(39-28(2)44-26-55-39)8-9-31(36)23-42-25-50/h8-11,20-22,24-26,33H,3-7,12-19,23H2,1-2H3,(H,42,50)(H,46,52)(H,45,47,51). The zero-order valence-electron chi connectivity index (χ0n) is 31.8. The molecule has 0 unspecified atom stereocenters. The van der Waals surface area contributed by atoms with Crippen molar-refractivity contribution in [2.24, 2.45) is 0 Å². The van der Waals surface area contributed by atoms with Gasteiger partial charge in [-0.3, -0.25) is 24.8 Å². The van der Waals surface area contributed by atoms with Gasteiger partial charge in [0.1, 0.15) is 18.5 Å². The Morgan fingerprint density at radius 2 is 1.68 bits per heavy atom. The minimum atomic E-state index is -0.442. The molecule has 3 aromatic heterocycles. The highest BCUT2D eigenvalue weighted by Gasteiger charge is 2.20. The first kappa shape index (κ1) is 39.3. The number of benzene rings is 2. The van der Waals surface area contributed by atoms with Crippen molar-refractivity contribution in [3.05, 3.63) is 71.1 Å². The number of amides is 3. The number of nitrogens with zero attached hydrogens (tertiary/aromatic N) is 5. The number of thiazole rings is 2. The Kier molecular flexibility index (Phi) is 13.2. The summed E-state index contributed by atoms with van der Waals surface area (Å²) < 4.78 is 12.9. The van der Waals surface area contributed by atoms with E-state index in [1.54, 1.807) is 17.5 Å². The largest absolute Gasteiger partial charge is 0.492 e. The summed E-state index contributed by atoms with van der Waals surface area (Å²) >= 11 is 3.04. The van der Waals surface area contributed by atoms with Crippen molar-refractivity contribution in [1.29, 1.82) is 0 Å². The fraction of sp³-hybridized carbons (Fsp3) is 0.415. The van der Waals surface area contributed by atoms with Gasteiger partial charge in [-0.15, -0.1) is 11.3 Å². The predicted molar refractivity (Wildman–Crippen MR) is 221 cm³/mol. The molecule has 0 spiro atoms. The van der Waals surface area contributed by atoms with Gasteiger partial charge in [0.05, 0.1) is 37.7 Å². The highest BCUT2D eigenvalue weighted by Crippen LogP contribution is 2.33. The van der Waals surface area contributed by atoms with E-state index in [2.05, 4.69) is 40.7 Å². The van der Waals surface area contributed by atoms with E-state index in [1.807, 2.05) is 61.8 Å². The fourth-order valence-electron chi connectivity index (χ4n) is 7.12. The Bertz CT molecular complexity index is 2140. The summed E-state index contributed by atoms with van der Waals surface area (Å²) in [6, 6.07) is 13.9. The van der Waals surface area contributed by atoms with Crippen LogP contribution in [0.25, 0.3) is 31.8 Å². The maximum atomic E-state index is 13.0. The second-order valence-corrected chi connectivity index (χ2v) is 16.2. The summed E-state index contributed by atoms with van der Waals surface area (Å²) in [4.78, 5) is 55.9. The molecule has 2 aliphatic rings. The van der Waals surface area contributed by atoms with E-state index < -0.39 is 6.09 Å². The van der Waals surface area contributed by atoms with E-state index in [-0.39, 0.29) is 12.0 Å². The van der Waals surface area contributed by atoms with Crippen LogP contribution in [0.5, 0.6) is 5.75 Å². The van der Waals surface area contributed by atoms with Gasteiger partial charge in [-0.25, -0.2) is 14.8 Å². The monoisotopic (exact) mass is 796 g/mol. The van der Waals surface area contributed by atoms with Crippen LogP contribution in [-0.2, 0) is 20.9 Å². The Morgan fingerprint density at radius 1 is 0.893 bits per heavy atom. The maximum Gasteiger partial charge on any atom is 0.411 e. The summed E-state index contributed by atoms with van der Waals surface area (Å²) in [5.74, 6) is 0.706. The number of carbonyl (C=O) groups excluding carboxylic acids is 3. The number of fused-ring (bicyclic) bond motifs is 1. The van der Waals surface area contributed by atoms with Crippen LogP contribution in [0.4, 0.5) is 15.6 Å². The molecular weight excluding hydrogens is 749 g/mol. The molecule has 5 aromatic rings. The minimum absolute atomic E-state index is 0.0267. The summed E-state index contributed by atoms with van der Waals surface area (Å²) in [5, 5.41) is 9.21. The molecule has 0 atom stereocenters. The molecule has 3 amide bonds. The highest BCUT2D eigenvalue weighted by molar-refractivity contribution is 7.22. The van der Waals surface area contributed by atoms with E-state index in [1.165, 1.54) is 17.8 Å². The lowest BCUT2D eigenvalue weighted by molar-refractivity contribution is -0.116. The zero-order chi connectivity index (χ0) is 38.9. The van der Waals surface area contributed by atoms with E-state index in [0.717, 1.165) is 107 Å². The Labute approximate surface area is 334 Å². The van der Waals surface area contributed by atoms with Gasteiger partial charge in [-0.1, -0.05) is 36.0 Å². The van der Waals surface area contributed by atoms with Crippen LogP contribution in [0.3, 0.4) is 0 Å². The molecule has 3 N–H and O–H groups in total. The van der Waals surface area contributed by atoms with Crippen molar-refractivity contribution < 1.29 is 23.9 Å². The molecule has 2 aromatic carbocycles. The number of anilines is 2. The van der Waals surface area contributed by atoms with Crippen LogP contribution < -0.4 is 20.7 Å². The Balaban J connectivity index is 0.857. The van der Waals surface area contributed by atoms with Gasteiger partial charge < -0.3 is 25.0 Å². The Morgan fingerprint density at radius 3 is 2.45 bits per heavy atom. The predicted octanol–water partition coefficient (Wildman–Crippen LogP) is 7.25. The number of aromatic nitrogens is 3. The molecule has 13 nitrogen and oxygen atoms in total. The SMILES string of the molecule is Cc1ncc(-c2ccc3nc(NC(=O)CCN4CCN(CCOc5cc(-c6scnc6C)ccc5CNC=O)CC4)sc3c2)cc1NC(=O)OC1CCCCC1. The second kappa shape index (κ2) is 18.8. The van der Waals surface area contributed by atoms with Crippen molar-refractivity contribution in [2.75, 3.05) is 56.5 Å². The zero-order valence-corrected chi connectivity index (χ0v) is 33.5. The first-order valence-electron chi connectivity index (χ1n) is 19.2. The molecule has 7 rings (SSSR count). The number of carbonyl (C=O) groups is 3. The molecule has 1 saturated carbocycles. The number of piperazine rings is 1. The number of rotatable bonds is 15. The summed E-state index contributed by atoms with van der Waals surface area (Å²) in [5.41, 5.74) is 8.76. The van der Waals surface area contributed by atoms with E-state index in [4.69, 9.17) is 9.47 Å². The number of hydrogen-bond acceptors (Lipinski definition) is 12. The minimum Gasteiger partial charge on any atom is -0.492 e. The van der Waals surface area contributed by atoms with Crippen LogP contribution in [0.2, 0.25) is 0 Å². The summed E-state index contributed by atoms with van der Waals surface area (Å²) in [6.45, 7) is 9.78. The van der Waals surface area contributed by atoms with Crippen molar-refractivity contribution in [2.45, 2.75) is 65.0 Å². The number of ether oxygens (including phenoxy) is 2. The molecule has 0 radical (unpaired) electrons. The van der Waals surface area contributed by atoms with Crippen LogP contribution in [0.15, 0.2) is 54.2 Å². The van der Waals surface area contributed by atoms with Crippen molar-refractivity contribution in [3.8, 4) is 27.3 Å². The average Bonchev–Trinajstić information content (AvgIpc) is 3.83. The van der Waals surface area contributed by atoms with Crippen molar-refractivity contribution >= 4 is 62.1 Å². The maximum absolute atomic E-state index is 13.0. The molecule has 294 valence electrons. The molecule has 1 saturated heterocycles. The molecule has 0 bridgehead atoms. The van der Waals surface area contributed by atoms with Crippen LogP contribution in [-0.4, -0.2) is 95.1 Å². The van der Waals surface area contributed by atoms with Gasteiger partial charge in [0.15, 0.2) is 5.13 Å². The van der Waals surface area contributed by atoms with Gasteiger partial charge in [0.25, 0.3) is 0 Å². The Hall–Kier alpha value is -4.96. The summed E-state index contributed by atoms with van der Waals surface area (Å²) in [6.07, 6.45) is 7.61. The lowest BCUT2D eigenvalue weighted by Gasteiger charge is -2.34. The highest BCUT2D eigenvalue weighted by atomic mass is 32.1. The topological polar surface area (TPSA) is 151 Å². The van der Waals surface area contributed by atoms with Crippen LogP contribution >= 0.6 is 22.7 Å². The smallest absolute Gasteiger partial charge is 0.411 e. The molecule has 1 aliphatic carbocycles. The van der Waals surface area contributed by atoms with Gasteiger partial charge in [-0.2, -0.15) is 0 Å². The van der Waals surface area contributed by atoms with Crippen molar-refractivity contribution in [3.63, 3.8) is 0 Å². The van der Waals surface area contributed by atoms with Gasteiger partial charge in [0.2, 0.25) is 12.3 Å². The van der Waals surface area contributed by atoms with Crippen molar-refractivity contribution in [1.82, 2.24) is 30.1 Å². The van der Waals surface area contributed by atoms with Gasteiger partial charge in [0, 0.05) is 69.6 Å². The molecule has 2 fully saturated rings. The third-order valence-corrected chi connectivity index (χ3v) is 12.3. The lowest BCUT2D eigenvalue weighted by atomic mass is 9.98. The average molecular weight is 797 g/mol. The molecule has 56 heavy (non-hydrogen) atoms. The third kappa shape index (κ3) is 10.3. The van der Waals surface area contributed by atoms with E-state index >= 15 is 0 Å². The number of aryl methyl sites for hydroxylation is 2. The quantitative estimate of drug-likeness (QED) is 0.0925. The molecule has 1 aliphatic heterocycles. The molecular formula is C41H48N8O5S2. The van der Waals surface area contributed by atoms with E-state index in [9.17, 15) is 14.4 Å². The lowest BCUT2D eigenvalue weighted by Crippen LogP contribution is -2.48. The normalized spacial score (nSPS) is 15.4. The third-order valence-electron chi connectivity index (χ3n) is 10.4. The molecule has 15 heteroatoms. The van der Waals surface area contributed by atoms with Crippen LogP contribution in [0.1, 0.15) is 55.5 Å². The van der Waals surface area contributed by atoms with Gasteiger partial charge >= 0.3 is 6.09 Å². The van der Waals surface area contributed by atoms with Crippen LogP contribution in [0, 0.1) is 13.8 Å². The fourth-order valence-corrected chi connectivity index (χ4v) is 8.84. The molecule has 4 heterocycles.